The molecule has 11 heavy (non-hydrogen) atoms. The van der Waals surface area contributed by atoms with Gasteiger partial charge in [0.25, 0.3) is 0 Å². The summed E-state index contributed by atoms with van der Waals surface area (Å²) in [5.74, 6) is 0. The highest BCUT2D eigenvalue weighted by Crippen LogP contribution is 2.16. The molecule has 3 nitrogen and oxygen atoms in total. The van der Waals surface area contributed by atoms with Gasteiger partial charge in [-0.3, -0.25) is 4.90 Å². The third-order valence-corrected chi connectivity index (χ3v) is 2.51. The fourth-order valence-electron chi connectivity index (χ4n) is 1.73. The van der Waals surface area contributed by atoms with E-state index in [1.165, 1.54) is 25.2 Å². The third kappa shape index (κ3) is 1.26. The Morgan fingerprint density at radius 1 is 1.55 bits per heavy atom. The molecule has 0 unspecified atom stereocenters. The smallest absolute Gasteiger partial charge is 0.0391 e. The van der Waals surface area contributed by atoms with Crippen LogP contribution in [0.3, 0.4) is 0 Å². The van der Waals surface area contributed by atoms with Crippen molar-refractivity contribution in [2.45, 2.75) is 13.3 Å². The molecule has 3 heteroatoms. The van der Waals surface area contributed by atoms with E-state index in [2.05, 4.69) is 22.7 Å². The molecule has 0 saturated heterocycles. The minimum absolute atomic E-state index is 1.03. The van der Waals surface area contributed by atoms with E-state index in [-0.39, 0.29) is 0 Å². The van der Waals surface area contributed by atoms with Gasteiger partial charge in [-0.2, -0.15) is 0 Å². The Kier molecular flexibility index (Phi) is 1.84. The van der Waals surface area contributed by atoms with Crippen LogP contribution in [0.25, 0.3) is 0 Å². The molecule has 0 amide bonds. The number of hydrogen-bond donors (Lipinski definition) is 2. The van der Waals surface area contributed by atoms with Crippen LogP contribution in [0.4, 0.5) is 0 Å². The van der Waals surface area contributed by atoms with Crippen molar-refractivity contribution in [3.8, 4) is 0 Å². The molecule has 0 atom stereocenters. The van der Waals surface area contributed by atoms with Crippen molar-refractivity contribution in [1.82, 2.24) is 15.8 Å². The zero-order valence-electron chi connectivity index (χ0n) is 6.98. The molecular formula is C8H15N3. The van der Waals surface area contributed by atoms with Gasteiger partial charge in [-0.1, -0.05) is 6.92 Å². The molecule has 0 fully saturated rings. The number of nitrogens with zero attached hydrogens (tertiary/aromatic N) is 1. The molecule has 0 bridgehead atoms. The first-order chi connectivity index (χ1) is 5.40. The van der Waals surface area contributed by atoms with Gasteiger partial charge >= 0.3 is 0 Å². The molecule has 2 rings (SSSR count). The predicted molar refractivity (Wildman–Crippen MR) is 44.9 cm³/mol. The first kappa shape index (κ1) is 7.13. The van der Waals surface area contributed by atoms with Crippen molar-refractivity contribution in [1.29, 1.82) is 0 Å². The van der Waals surface area contributed by atoms with Crippen molar-refractivity contribution in [3.63, 3.8) is 0 Å². The van der Waals surface area contributed by atoms with Crippen LogP contribution in [0.1, 0.15) is 13.3 Å². The first-order valence-corrected chi connectivity index (χ1v) is 4.32. The van der Waals surface area contributed by atoms with E-state index in [0.717, 1.165) is 13.1 Å². The van der Waals surface area contributed by atoms with Crippen LogP contribution in [0.15, 0.2) is 11.3 Å². The highest BCUT2D eigenvalue weighted by Gasteiger charge is 2.20. The minimum atomic E-state index is 1.03. The van der Waals surface area contributed by atoms with Crippen LogP contribution >= 0.6 is 0 Å². The Balaban J connectivity index is 2.05. The van der Waals surface area contributed by atoms with Crippen LogP contribution < -0.4 is 10.9 Å². The molecule has 0 aromatic rings. The van der Waals surface area contributed by atoms with Crippen LogP contribution in [-0.2, 0) is 0 Å². The lowest BCUT2D eigenvalue weighted by atomic mass is 10.1. The second-order valence-electron chi connectivity index (χ2n) is 3.18. The molecule has 0 radical (unpaired) electrons. The fraction of sp³-hybridized carbons (Fsp3) is 0.750. The molecule has 0 aromatic heterocycles. The van der Waals surface area contributed by atoms with Gasteiger partial charge in [0, 0.05) is 31.8 Å². The van der Waals surface area contributed by atoms with E-state index in [4.69, 9.17) is 0 Å². The Bertz CT molecular complexity index is 186. The summed E-state index contributed by atoms with van der Waals surface area (Å²) in [5.41, 5.74) is 9.36. The number of rotatable bonds is 1. The highest BCUT2D eigenvalue weighted by molar-refractivity contribution is 5.22. The van der Waals surface area contributed by atoms with Gasteiger partial charge in [-0.05, 0) is 12.1 Å². The molecule has 62 valence electrons. The van der Waals surface area contributed by atoms with Gasteiger partial charge < -0.3 is 5.43 Å². The normalized spacial score (nSPS) is 25.2. The maximum absolute atomic E-state index is 3.21. The molecule has 0 spiro atoms. The van der Waals surface area contributed by atoms with Crippen LogP contribution in [-0.4, -0.2) is 31.1 Å². The van der Waals surface area contributed by atoms with Gasteiger partial charge in [0.1, 0.15) is 0 Å². The van der Waals surface area contributed by atoms with E-state index in [1.807, 2.05) is 0 Å². The van der Waals surface area contributed by atoms with Crippen molar-refractivity contribution >= 4 is 0 Å². The van der Waals surface area contributed by atoms with Gasteiger partial charge in [0.05, 0.1) is 0 Å². The summed E-state index contributed by atoms with van der Waals surface area (Å²) < 4.78 is 0. The molecule has 0 saturated carbocycles. The van der Waals surface area contributed by atoms with E-state index in [1.54, 1.807) is 5.57 Å². The van der Waals surface area contributed by atoms with Crippen molar-refractivity contribution in [2.75, 3.05) is 26.2 Å². The zero-order valence-corrected chi connectivity index (χ0v) is 6.98. The van der Waals surface area contributed by atoms with E-state index in [0.29, 0.717) is 0 Å². The average molecular weight is 153 g/mol. The van der Waals surface area contributed by atoms with E-state index >= 15 is 0 Å². The van der Waals surface area contributed by atoms with E-state index in [9.17, 15) is 0 Å². The summed E-state index contributed by atoms with van der Waals surface area (Å²) in [6.45, 7) is 6.81. The van der Waals surface area contributed by atoms with Crippen molar-refractivity contribution in [3.05, 3.63) is 11.3 Å². The molecule has 2 aliphatic rings. The lowest BCUT2D eigenvalue weighted by molar-refractivity contribution is 0.300. The number of likely N-dealkylation sites (N-methyl/N-ethyl adjacent to an activating group) is 1. The Morgan fingerprint density at radius 2 is 2.45 bits per heavy atom. The first-order valence-electron chi connectivity index (χ1n) is 4.32. The second kappa shape index (κ2) is 2.83. The Labute approximate surface area is 67.4 Å². The predicted octanol–water partition coefficient (Wildman–Crippen LogP) is 0.0739. The SMILES string of the molecule is CCN1CCC2=C(CNN2)C1. The molecule has 2 aliphatic heterocycles. The third-order valence-electron chi connectivity index (χ3n) is 2.51. The van der Waals surface area contributed by atoms with Crippen LogP contribution in [0, 0.1) is 0 Å². The van der Waals surface area contributed by atoms with Gasteiger partial charge in [0.2, 0.25) is 0 Å². The maximum atomic E-state index is 3.21. The quantitative estimate of drug-likeness (QED) is 0.558. The fourth-order valence-corrected chi connectivity index (χ4v) is 1.73. The highest BCUT2D eigenvalue weighted by atomic mass is 15.4. The minimum Gasteiger partial charge on any atom is -0.325 e. The average Bonchev–Trinajstić information content (AvgIpc) is 2.50. The monoisotopic (exact) mass is 153 g/mol. The summed E-state index contributed by atoms with van der Waals surface area (Å²) in [7, 11) is 0. The molecule has 0 aliphatic carbocycles. The lowest BCUT2D eigenvalue weighted by Gasteiger charge is -2.25. The molecule has 2 N–H and O–H groups in total. The van der Waals surface area contributed by atoms with Crippen molar-refractivity contribution in [2.24, 2.45) is 0 Å². The lowest BCUT2D eigenvalue weighted by Crippen LogP contribution is -2.32. The van der Waals surface area contributed by atoms with Gasteiger partial charge in [-0.25, -0.2) is 5.43 Å². The summed E-state index contributed by atoms with van der Waals surface area (Å²) >= 11 is 0. The maximum Gasteiger partial charge on any atom is 0.0391 e. The van der Waals surface area contributed by atoms with Crippen molar-refractivity contribution < 1.29 is 0 Å². The summed E-state index contributed by atoms with van der Waals surface area (Å²) in [4.78, 5) is 2.48. The second-order valence-corrected chi connectivity index (χ2v) is 3.18. The summed E-state index contributed by atoms with van der Waals surface area (Å²) in [6.07, 6.45) is 1.19. The number of nitrogens with one attached hydrogen (secondary N) is 2. The number of hydrazine groups is 1. The topological polar surface area (TPSA) is 27.3 Å². The van der Waals surface area contributed by atoms with Gasteiger partial charge in [-0.15, -0.1) is 0 Å². The number of hydrogen-bond acceptors (Lipinski definition) is 3. The molecular weight excluding hydrogens is 138 g/mol. The van der Waals surface area contributed by atoms with Crippen LogP contribution in [0.5, 0.6) is 0 Å². The summed E-state index contributed by atoms with van der Waals surface area (Å²) in [5, 5.41) is 0. The Morgan fingerprint density at radius 3 is 3.27 bits per heavy atom. The summed E-state index contributed by atoms with van der Waals surface area (Å²) in [6, 6.07) is 0. The molecule has 2 heterocycles. The largest absolute Gasteiger partial charge is 0.325 e. The Hall–Kier alpha value is -0.540. The van der Waals surface area contributed by atoms with E-state index < -0.39 is 0 Å². The standard InChI is InChI=1S/C8H15N3/c1-2-11-4-3-8-7(6-11)5-9-10-8/h9-10H,2-6H2,1H3. The zero-order chi connectivity index (χ0) is 7.68. The van der Waals surface area contributed by atoms with Crippen LogP contribution in [0.2, 0.25) is 0 Å². The van der Waals surface area contributed by atoms with Gasteiger partial charge in [0.15, 0.2) is 0 Å². The molecule has 0 aromatic carbocycles.